The van der Waals surface area contributed by atoms with Crippen molar-refractivity contribution in [2.75, 3.05) is 6.61 Å². The van der Waals surface area contributed by atoms with Crippen LogP contribution >= 0.6 is 15.9 Å². The fourth-order valence-corrected chi connectivity index (χ4v) is 3.42. The Bertz CT molecular complexity index is 760. The van der Waals surface area contributed by atoms with E-state index in [2.05, 4.69) is 27.3 Å². The van der Waals surface area contributed by atoms with E-state index in [4.69, 9.17) is 4.74 Å². The van der Waals surface area contributed by atoms with Gasteiger partial charge in [-0.05, 0) is 58.5 Å². The molecule has 0 aliphatic heterocycles. The zero-order valence-electron chi connectivity index (χ0n) is 13.1. The molecule has 1 amide bonds. The van der Waals surface area contributed by atoms with Crippen LogP contribution in [0.1, 0.15) is 40.4 Å². The number of rotatable bonds is 4. The molecule has 1 atom stereocenters. The summed E-state index contributed by atoms with van der Waals surface area (Å²) in [4.78, 5) is 24.2. The largest absolute Gasteiger partial charge is 0.452 e. The minimum absolute atomic E-state index is 0.00962. The number of fused-ring (bicyclic) bond motifs is 1. The number of halogens is 1. The predicted molar refractivity (Wildman–Crippen MR) is 94.7 cm³/mol. The van der Waals surface area contributed by atoms with Gasteiger partial charge in [0.25, 0.3) is 5.91 Å². The highest BCUT2D eigenvalue weighted by atomic mass is 79.9. The Hall–Kier alpha value is -2.14. The molecule has 1 aliphatic rings. The van der Waals surface area contributed by atoms with Crippen molar-refractivity contribution < 1.29 is 14.3 Å². The van der Waals surface area contributed by atoms with Crippen molar-refractivity contribution in [3.63, 3.8) is 0 Å². The normalized spacial score (nSPS) is 16.1. The predicted octanol–water partition coefficient (Wildman–Crippen LogP) is 3.80. The van der Waals surface area contributed by atoms with E-state index in [-0.39, 0.29) is 18.6 Å². The van der Waals surface area contributed by atoms with Gasteiger partial charge < -0.3 is 10.1 Å². The number of aryl methyl sites for hydroxylation is 1. The van der Waals surface area contributed by atoms with E-state index in [1.165, 1.54) is 5.56 Å². The molecule has 0 spiro atoms. The third kappa shape index (κ3) is 3.85. The van der Waals surface area contributed by atoms with Crippen LogP contribution in [0.4, 0.5) is 0 Å². The van der Waals surface area contributed by atoms with Gasteiger partial charge in [0.2, 0.25) is 0 Å². The third-order valence-corrected chi connectivity index (χ3v) is 4.82. The fraction of sp³-hybridized carbons (Fsp3) is 0.263. The minimum Gasteiger partial charge on any atom is -0.452 e. The summed E-state index contributed by atoms with van der Waals surface area (Å²) in [6.45, 7) is -0.279. The number of hydrogen-bond donors (Lipinski definition) is 1. The Morgan fingerprint density at radius 1 is 1.12 bits per heavy atom. The quantitative estimate of drug-likeness (QED) is 0.811. The first-order valence-electron chi connectivity index (χ1n) is 7.94. The Balaban J connectivity index is 1.57. The van der Waals surface area contributed by atoms with Crippen LogP contribution < -0.4 is 5.32 Å². The van der Waals surface area contributed by atoms with E-state index >= 15 is 0 Å². The summed E-state index contributed by atoms with van der Waals surface area (Å²) in [5.41, 5.74) is 2.85. The molecule has 2 aromatic rings. The third-order valence-electron chi connectivity index (χ3n) is 4.13. The lowest BCUT2D eigenvalue weighted by molar-refractivity contribution is -0.125. The lowest BCUT2D eigenvalue weighted by Gasteiger charge is -2.26. The van der Waals surface area contributed by atoms with Crippen LogP contribution in [0.25, 0.3) is 0 Å². The molecule has 4 nitrogen and oxygen atoms in total. The Labute approximate surface area is 149 Å². The number of hydrogen-bond acceptors (Lipinski definition) is 3. The topological polar surface area (TPSA) is 55.4 Å². The molecule has 0 heterocycles. The van der Waals surface area contributed by atoms with Crippen molar-refractivity contribution in [3.8, 4) is 0 Å². The Kier molecular flexibility index (Phi) is 5.30. The maximum Gasteiger partial charge on any atom is 0.339 e. The maximum atomic E-state index is 12.1. The zero-order valence-corrected chi connectivity index (χ0v) is 14.7. The van der Waals surface area contributed by atoms with Crippen LogP contribution in [-0.2, 0) is 16.0 Å². The van der Waals surface area contributed by atoms with Crippen LogP contribution in [0, 0.1) is 0 Å². The summed E-state index contributed by atoms with van der Waals surface area (Å²) in [5, 5.41) is 2.97. The average Bonchev–Trinajstić information content (AvgIpc) is 2.60. The first-order chi connectivity index (χ1) is 11.6. The number of esters is 1. The molecule has 0 saturated heterocycles. The molecule has 1 N–H and O–H groups in total. The second-order valence-electron chi connectivity index (χ2n) is 5.77. The number of carbonyl (C=O) groups is 2. The molecule has 0 unspecified atom stereocenters. The molecule has 1 aliphatic carbocycles. The van der Waals surface area contributed by atoms with Crippen molar-refractivity contribution in [1.29, 1.82) is 0 Å². The molecule has 0 radical (unpaired) electrons. The van der Waals surface area contributed by atoms with Crippen LogP contribution in [-0.4, -0.2) is 18.5 Å². The van der Waals surface area contributed by atoms with E-state index in [1.54, 1.807) is 18.2 Å². The van der Waals surface area contributed by atoms with Gasteiger partial charge in [0, 0.05) is 4.47 Å². The highest BCUT2D eigenvalue weighted by Gasteiger charge is 2.22. The lowest BCUT2D eigenvalue weighted by Crippen LogP contribution is -2.34. The molecule has 2 aromatic carbocycles. The number of nitrogens with one attached hydrogen (secondary N) is 1. The lowest BCUT2D eigenvalue weighted by atomic mass is 9.88. The van der Waals surface area contributed by atoms with E-state index in [0.717, 1.165) is 24.8 Å². The van der Waals surface area contributed by atoms with Crippen LogP contribution in [0.2, 0.25) is 0 Å². The molecule has 0 saturated carbocycles. The van der Waals surface area contributed by atoms with Gasteiger partial charge in [-0.3, -0.25) is 4.79 Å². The van der Waals surface area contributed by atoms with E-state index in [0.29, 0.717) is 10.0 Å². The highest BCUT2D eigenvalue weighted by Crippen LogP contribution is 2.29. The summed E-state index contributed by atoms with van der Waals surface area (Å²) in [7, 11) is 0. The number of carbonyl (C=O) groups excluding carboxylic acids is 2. The van der Waals surface area contributed by atoms with Gasteiger partial charge in [-0.15, -0.1) is 0 Å². The van der Waals surface area contributed by atoms with Crippen LogP contribution in [0.15, 0.2) is 53.0 Å². The van der Waals surface area contributed by atoms with E-state index < -0.39 is 5.97 Å². The van der Waals surface area contributed by atoms with E-state index in [1.807, 2.05) is 24.3 Å². The molecule has 0 fully saturated rings. The number of ether oxygens (including phenoxy) is 1. The molecule has 5 heteroatoms. The molecular weight excluding hydrogens is 370 g/mol. The van der Waals surface area contributed by atoms with Gasteiger partial charge in [0.15, 0.2) is 6.61 Å². The van der Waals surface area contributed by atoms with Crippen LogP contribution in [0.3, 0.4) is 0 Å². The van der Waals surface area contributed by atoms with Gasteiger partial charge in [0.1, 0.15) is 0 Å². The summed E-state index contributed by atoms with van der Waals surface area (Å²) in [6, 6.07) is 15.1. The van der Waals surface area contributed by atoms with Crippen molar-refractivity contribution in [1.82, 2.24) is 5.32 Å². The molecule has 24 heavy (non-hydrogen) atoms. The minimum atomic E-state index is -0.512. The second kappa shape index (κ2) is 7.62. The summed E-state index contributed by atoms with van der Waals surface area (Å²) in [6.07, 6.45) is 2.99. The first-order valence-corrected chi connectivity index (χ1v) is 8.73. The van der Waals surface area contributed by atoms with Crippen molar-refractivity contribution >= 4 is 27.8 Å². The SMILES string of the molecule is O=C(COC(=O)c1ccccc1Br)N[C@@H]1CCCc2ccccc21. The second-order valence-corrected chi connectivity index (χ2v) is 6.62. The number of amides is 1. The molecule has 3 rings (SSSR count). The monoisotopic (exact) mass is 387 g/mol. The zero-order chi connectivity index (χ0) is 16.9. The summed E-state index contributed by atoms with van der Waals surface area (Å²) < 4.78 is 5.77. The highest BCUT2D eigenvalue weighted by molar-refractivity contribution is 9.10. The summed E-state index contributed by atoms with van der Waals surface area (Å²) in [5.74, 6) is -0.793. The van der Waals surface area contributed by atoms with Gasteiger partial charge in [-0.25, -0.2) is 4.79 Å². The number of benzene rings is 2. The van der Waals surface area contributed by atoms with E-state index in [9.17, 15) is 9.59 Å². The van der Waals surface area contributed by atoms with Gasteiger partial charge in [-0.2, -0.15) is 0 Å². The fourth-order valence-electron chi connectivity index (χ4n) is 2.98. The standard InChI is InChI=1S/C19H18BrNO3/c20-16-10-4-3-9-15(16)19(23)24-12-18(22)21-17-11-5-7-13-6-1-2-8-14(13)17/h1-4,6,8-10,17H,5,7,11-12H2,(H,21,22)/t17-/m1/s1. The smallest absolute Gasteiger partial charge is 0.339 e. The average molecular weight is 388 g/mol. The Morgan fingerprint density at radius 2 is 1.88 bits per heavy atom. The van der Waals surface area contributed by atoms with Gasteiger partial charge >= 0.3 is 5.97 Å². The van der Waals surface area contributed by atoms with Crippen molar-refractivity contribution in [2.45, 2.75) is 25.3 Å². The van der Waals surface area contributed by atoms with Gasteiger partial charge in [0.05, 0.1) is 11.6 Å². The van der Waals surface area contributed by atoms with Crippen molar-refractivity contribution in [3.05, 3.63) is 69.7 Å². The molecule has 0 aromatic heterocycles. The molecule has 124 valence electrons. The van der Waals surface area contributed by atoms with Gasteiger partial charge in [-0.1, -0.05) is 36.4 Å². The Morgan fingerprint density at radius 3 is 2.71 bits per heavy atom. The first kappa shape index (κ1) is 16.7. The summed E-state index contributed by atoms with van der Waals surface area (Å²) >= 11 is 3.30. The van der Waals surface area contributed by atoms with Crippen molar-refractivity contribution in [2.24, 2.45) is 0 Å². The molecular formula is C19H18BrNO3. The maximum absolute atomic E-state index is 12.1. The van der Waals surface area contributed by atoms with Crippen LogP contribution in [0.5, 0.6) is 0 Å². The molecule has 0 bridgehead atoms.